The molecule has 1 aliphatic rings. The Balaban J connectivity index is 2.13. The van der Waals surface area contributed by atoms with Crippen molar-refractivity contribution in [2.75, 3.05) is 4.90 Å². The number of carbonyl (C=O) groups is 3. The molecule has 0 saturated carbocycles. The van der Waals surface area contributed by atoms with E-state index in [2.05, 4.69) is 0 Å². The molecule has 0 fully saturated rings. The number of benzene rings is 2. The maximum absolute atomic E-state index is 12.3. The zero-order valence-corrected chi connectivity index (χ0v) is 11.3. The minimum atomic E-state index is -1.18. The van der Waals surface area contributed by atoms with Crippen LogP contribution in [0.15, 0.2) is 42.5 Å². The average Bonchev–Trinajstić information content (AvgIpc) is 2.71. The van der Waals surface area contributed by atoms with Crippen LogP contribution in [0.5, 0.6) is 0 Å². The van der Waals surface area contributed by atoms with Gasteiger partial charge in [0.2, 0.25) is 0 Å². The summed E-state index contributed by atoms with van der Waals surface area (Å²) in [7, 11) is 0. The fraction of sp³-hybridized carbons (Fsp3) is 0. The van der Waals surface area contributed by atoms with E-state index in [9.17, 15) is 14.4 Å². The van der Waals surface area contributed by atoms with Crippen molar-refractivity contribution in [1.29, 1.82) is 0 Å². The highest BCUT2D eigenvalue weighted by Gasteiger charge is 2.36. The van der Waals surface area contributed by atoms with Crippen molar-refractivity contribution in [3.63, 3.8) is 0 Å². The molecule has 1 aliphatic heterocycles. The van der Waals surface area contributed by atoms with Gasteiger partial charge in [-0.3, -0.25) is 9.59 Å². The molecule has 104 valence electrons. The topological polar surface area (TPSA) is 74.7 Å². The largest absolute Gasteiger partial charge is 0.478 e. The van der Waals surface area contributed by atoms with Gasteiger partial charge in [-0.05, 0) is 30.3 Å². The number of carboxylic acid groups (broad SMARTS) is 1. The van der Waals surface area contributed by atoms with Crippen LogP contribution in [-0.2, 0) is 0 Å². The molecule has 5 nitrogen and oxygen atoms in total. The molecule has 21 heavy (non-hydrogen) atoms. The van der Waals surface area contributed by atoms with E-state index in [1.54, 1.807) is 24.3 Å². The summed E-state index contributed by atoms with van der Waals surface area (Å²) in [6.45, 7) is 0. The second-order valence-electron chi connectivity index (χ2n) is 4.49. The number of fused-ring (bicyclic) bond motifs is 1. The number of anilines is 1. The normalized spacial score (nSPS) is 13.5. The number of hydrogen-bond acceptors (Lipinski definition) is 3. The summed E-state index contributed by atoms with van der Waals surface area (Å²) in [5.41, 5.74) is 0.638. The summed E-state index contributed by atoms with van der Waals surface area (Å²) in [4.78, 5) is 36.6. The first-order valence-corrected chi connectivity index (χ1v) is 6.38. The molecule has 1 heterocycles. The van der Waals surface area contributed by atoms with Gasteiger partial charge in [0.15, 0.2) is 0 Å². The van der Waals surface area contributed by atoms with Crippen LogP contribution in [0.1, 0.15) is 31.1 Å². The molecular weight excluding hydrogens is 294 g/mol. The van der Waals surface area contributed by atoms with E-state index in [-0.39, 0.29) is 16.3 Å². The van der Waals surface area contributed by atoms with E-state index in [0.717, 1.165) is 4.90 Å². The van der Waals surface area contributed by atoms with Crippen LogP contribution in [-0.4, -0.2) is 22.9 Å². The lowest BCUT2D eigenvalue weighted by molar-refractivity contribution is 0.0695. The van der Waals surface area contributed by atoms with Crippen LogP contribution in [0.4, 0.5) is 5.69 Å². The molecule has 3 rings (SSSR count). The van der Waals surface area contributed by atoms with Crippen molar-refractivity contribution in [1.82, 2.24) is 0 Å². The third-order valence-corrected chi connectivity index (χ3v) is 3.40. The van der Waals surface area contributed by atoms with Crippen LogP contribution >= 0.6 is 11.6 Å². The average molecular weight is 302 g/mol. The summed E-state index contributed by atoms with van der Waals surface area (Å²) in [5, 5.41) is 9.18. The second-order valence-corrected chi connectivity index (χ2v) is 4.93. The fourth-order valence-corrected chi connectivity index (χ4v) is 2.48. The van der Waals surface area contributed by atoms with Crippen molar-refractivity contribution < 1.29 is 19.5 Å². The minimum absolute atomic E-state index is 0.0888. The Bertz CT molecular complexity index is 765. The first-order chi connectivity index (χ1) is 9.99. The monoisotopic (exact) mass is 301 g/mol. The Labute approximate surface area is 124 Å². The van der Waals surface area contributed by atoms with Crippen molar-refractivity contribution in [2.24, 2.45) is 0 Å². The molecule has 0 spiro atoms. The summed E-state index contributed by atoms with van der Waals surface area (Å²) in [5.74, 6) is -2.17. The highest BCUT2D eigenvalue weighted by atomic mass is 35.5. The number of amides is 2. The summed E-state index contributed by atoms with van der Waals surface area (Å²) in [6, 6.07) is 10.3. The van der Waals surface area contributed by atoms with Gasteiger partial charge in [0.25, 0.3) is 11.8 Å². The highest BCUT2D eigenvalue weighted by molar-refractivity contribution is 6.35. The van der Waals surface area contributed by atoms with E-state index in [0.29, 0.717) is 11.1 Å². The van der Waals surface area contributed by atoms with Gasteiger partial charge < -0.3 is 5.11 Å². The van der Waals surface area contributed by atoms with Crippen molar-refractivity contribution in [3.8, 4) is 0 Å². The van der Waals surface area contributed by atoms with E-state index in [1.807, 2.05) is 0 Å². The van der Waals surface area contributed by atoms with Crippen molar-refractivity contribution in [3.05, 3.63) is 64.2 Å². The Morgan fingerprint density at radius 2 is 1.57 bits per heavy atom. The predicted molar refractivity (Wildman–Crippen MR) is 76.0 cm³/mol. The number of halogens is 1. The molecule has 0 aliphatic carbocycles. The lowest BCUT2D eigenvalue weighted by atomic mass is 10.1. The Kier molecular flexibility index (Phi) is 2.99. The molecule has 0 unspecified atom stereocenters. The lowest BCUT2D eigenvalue weighted by Crippen LogP contribution is -2.29. The zero-order chi connectivity index (χ0) is 15.1. The Hall–Kier alpha value is -2.66. The third-order valence-electron chi connectivity index (χ3n) is 3.18. The molecular formula is C15H8ClNO4. The van der Waals surface area contributed by atoms with Crippen LogP contribution in [0.2, 0.25) is 5.02 Å². The Morgan fingerprint density at radius 1 is 1.00 bits per heavy atom. The first kappa shape index (κ1) is 13.3. The maximum atomic E-state index is 12.3. The molecule has 0 aromatic heterocycles. The van der Waals surface area contributed by atoms with Gasteiger partial charge in [-0.1, -0.05) is 23.7 Å². The minimum Gasteiger partial charge on any atom is -0.478 e. The van der Waals surface area contributed by atoms with Gasteiger partial charge in [0.1, 0.15) is 0 Å². The van der Waals surface area contributed by atoms with Crippen LogP contribution < -0.4 is 4.90 Å². The quantitative estimate of drug-likeness (QED) is 0.866. The van der Waals surface area contributed by atoms with Crippen LogP contribution in [0, 0.1) is 0 Å². The molecule has 0 bridgehead atoms. The number of carbonyl (C=O) groups excluding carboxylic acids is 2. The van der Waals surface area contributed by atoms with Gasteiger partial charge in [0, 0.05) is 5.02 Å². The fourth-order valence-electron chi connectivity index (χ4n) is 2.25. The SMILES string of the molecule is O=C(O)c1cc(Cl)cc(N2C(=O)c3ccccc3C2=O)c1. The number of aromatic carboxylic acids is 1. The third kappa shape index (κ3) is 2.08. The maximum Gasteiger partial charge on any atom is 0.335 e. The molecule has 0 saturated heterocycles. The van der Waals surface area contributed by atoms with Gasteiger partial charge in [-0.25, -0.2) is 9.69 Å². The summed E-state index contributed by atoms with van der Waals surface area (Å²) < 4.78 is 0. The van der Waals surface area contributed by atoms with Gasteiger partial charge in [-0.2, -0.15) is 0 Å². The van der Waals surface area contributed by atoms with E-state index >= 15 is 0 Å². The second kappa shape index (κ2) is 4.71. The number of carboxylic acids is 1. The standard InChI is InChI=1S/C15H8ClNO4/c16-9-5-8(15(20)21)6-10(7-9)17-13(18)11-3-1-2-4-12(11)14(17)19/h1-7H,(H,20,21). The molecule has 2 aromatic carbocycles. The molecule has 0 radical (unpaired) electrons. The van der Waals surface area contributed by atoms with Gasteiger partial charge in [0.05, 0.1) is 22.4 Å². The molecule has 2 amide bonds. The highest BCUT2D eigenvalue weighted by Crippen LogP contribution is 2.30. The summed E-state index contributed by atoms with van der Waals surface area (Å²) >= 11 is 5.87. The van der Waals surface area contributed by atoms with Gasteiger partial charge in [-0.15, -0.1) is 0 Å². The first-order valence-electron chi connectivity index (χ1n) is 6.01. The van der Waals surface area contributed by atoms with E-state index in [4.69, 9.17) is 16.7 Å². The van der Waals surface area contributed by atoms with Crippen molar-refractivity contribution >= 4 is 35.1 Å². The smallest absolute Gasteiger partial charge is 0.335 e. The van der Waals surface area contributed by atoms with E-state index in [1.165, 1.54) is 18.2 Å². The molecule has 0 atom stereocenters. The summed E-state index contributed by atoms with van der Waals surface area (Å²) in [6.07, 6.45) is 0. The number of nitrogens with zero attached hydrogens (tertiary/aromatic N) is 1. The van der Waals surface area contributed by atoms with E-state index < -0.39 is 17.8 Å². The van der Waals surface area contributed by atoms with Crippen LogP contribution in [0.3, 0.4) is 0 Å². The zero-order valence-electron chi connectivity index (χ0n) is 10.5. The molecule has 6 heteroatoms. The van der Waals surface area contributed by atoms with Crippen molar-refractivity contribution in [2.45, 2.75) is 0 Å². The predicted octanol–water partition coefficient (Wildman–Crippen LogP) is 2.84. The lowest BCUT2D eigenvalue weighted by Gasteiger charge is -2.14. The number of hydrogen-bond donors (Lipinski definition) is 1. The Morgan fingerprint density at radius 3 is 2.10 bits per heavy atom. The number of imide groups is 1. The number of rotatable bonds is 2. The molecule has 1 N–H and O–H groups in total. The molecule has 2 aromatic rings. The van der Waals surface area contributed by atoms with Gasteiger partial charge >= 0.3 is 5.97 Å². The van der Waals surface area contributed by atoms with Crippen LogP contribution in [0.25, 0.3) is 0 Å².